The highest BCUT2D eigenvalue weighted by Crippen LogP contribution is 2.17. The van der Waals surface area contributed by atoms with E-state index in [9.17, 15) is 13.2 Å². The molecule has 21 heavy (non-hydrogen) atoms. The van der Waals surface area contributed by atoms with Crippen molar-refractivity contribution in [2.75, 3.05) is 37.7 Å². The summed E-state index contributed by atoms with van der Waals surface area (Å²) in [5.41, 5.74) is 0. The van der Waals surface area contributed by atoms with E-state index in [1.807, 2.05) is 0 Å². The van der Waals surface area contributed by atoms with Gasteiger partial charge in [-0.25, -0.2) is 13.2 Å². The molecule has 2 aliphatic rings. The molecule has 2 amide bonds. The third-order valence-electron chi connectivity index (χ3n) is 4.50. The van der Waals surface area contributed by atoms with E-state index in [-0.39, 0.29) is 23.5 Å². The van der Waals surface area contributed by atoms with Gasteiger partial charge in [0, 0.05) is 25.7 Å². The Morgan fingerprint density at radius 2 is 2.05 bits per heavy atom. The van der Waals surface area contributed by atoms with Crippen molar-refractivity contribution in [2.45, 2.75) is 38.6 Å². The standard InChI is InChI=1S/C14H27N3O3S/c1-12-4-2-3-7-17(12)8-6-15-14(18)16-10-13-5-9-21(19,20)11-13/h12-13H,2-11H2,1H3,(H2,15,16,18)/t12-,13-/m0/s1. The summed E-state index contributed by atoms with van der Waals surface area (Å²) >= 11 is 0. The molecule has 2 N–H and O–H groups in total. The quantitative estimate of drug-likeness (QED) is 0.778. The maximum Gasteiger partial charge on any atom is 0.314 e. The molecule has 2 heterocycles. The molecule has 0 aromatic heterocycles. The second-order valence-corrected chi connectivity index (χ2v) is 8.52. The summed E-state index contributed by atoms with van der Waals surface area (Å²) < 4.78 is 22.7. The zero-order valence-corrected chi connectivity index (χ0v) is 13.6. The number of likely N-dealkylation sites (tertiary alicyclic amines) is 1. The number of sulfone groups is 1. The first-order chi connectivity index (χ1) is 9.96. The number of urea groups is 1. The Labute approximate surface area is 127 Å². The van der Waals surface area contributed by atoms with Gasteiger partial charge in [-0.15, -0.1) is 0 Å². The fourth-order valence-electron chi connectivity index (χ4n) is 3.14. The van der Waals surface area contributed by atoms with E-state index >= 15 is 0 Å². The van der Waals surface area contributed by atoms with E-state index in [1.165, 1.54) is 19.3 Å². The van der Waals surface area contributed by atoms with E-state index in [1.54, 1.807) is 0 Å². The van der Waals surface area contributed by atoms with Gasteiger partial charge in [0.05, 0.1) is 11.5 Å². The van der Waals surface area contributed by atoms with Crippen LogP contribution >= 0.6 is 0 Å². The summed E-state index contributed by atoms with van der Waals surface area (Å²) in [6.07, 6.45) is 4.44. The van der Waals surface area contributed by atoms with Crippen molar-refractivity contribution in [3.8, 4) is 0 Å². The Kier molecular flexibility index (Phi) is 5.87. The van der Waals surface area contributed by atoms with Crippen LogP contribution in [0.3, 0.4) is 0 Å². The number of carbonyl (C=O) groups is 1. The number of nitrogens with zero attached hydrogens (tertiary/aromatic N) is 1. The van der Waals surface area contributed by atoms with Gasteiger partial charge in [0.15, 0.2) is 9.84 Å². The number of carbonyl (C=O) groups excluding carboxylic acids is 1. The van der Waals surface area contributed by atoms with E-state index in [4.69, 9.17) is 0 Å². The summed E-state index contributed by atoms with van der Waals surface area (Å²) in [5, 5.41) is 5.63. The summed E-state index contributed by atoms with van der Waals surface area (Å²) in [5.74, 6) is 0.537. The van der Waals surface area contributed by atoms with Gasteiger partial charge in [-0.1, -0.05) is 6.42 Å². The Balaban J connectivity index is 1.57. The minimum absolute atomic E-state index is 0.0721. The normalized spacial score (nSPS) is 29.2. The zero-order chi connectivity index (χ0) is 15.3. The molecule has 2 aliphatic heterocycles. The van der Waals surface area contributed by atoms with Crippen molar-refractivity contribution in [3.63, 3.8) is 0 Å². The predicted octanol–water partition coefficient (Wildman–Crippen LogP) is 0.595. The number of amides is 2. The van der Waals surface area contributed by atoms with Crippen LogP contribution in [0.5, 0.6) is 0 Å². The minimum atomic E-state index is -2.86. The average Bonchev–Trinajstić information content (AvgIpc) is 2.78. The molecule has 2 saturated heterocycles. The largest absolute Gasteiger partial charge is 0.338 e. The van der Waals surface area contributed by atoms with Crippen LogP contribution in [0.1, 0.15) is 32.6 Å². The average molecular weight is 317 g/mol. The van der Waals surface area contributed by atoms with Crippen molar-refractivity contribution in [2.24, 2.45) is 5.92 Å². The molecule has 0 aliphatic carbocycles. The molecule has 0 aromatic rings. The summed E-state index contributed by atoms with van der Waals surface area (Å²) in [4.78, 5) is 14.1. The van der Waals surface area contributed by atoms with E-state index in [2.05, 4.69) is 22.5 Å². The van der Waals surface area contributed by atoms with Gasteiger partial charge >= 0.3 is 6.03 Å². The molecule has 0 unspecified atom stereocenters. The topological polar surface area (TPSA) is 78.5 Å². The first kappa shape index (κ1) is 16.5. The number of nitrogens with one attached hydrogen (secondary N) is 2. The monoisotopic (exact) mass is 317 g/mol. The molecular formula is C14H27N3O3S. The Morgan fingerprint density at radius 3 is 2.71 bits per heavy atom. The molecule has 122 valence electrons. The fourth-order valence-corrected chi connectivity index (χ4v) is 5.00. The lowest BCUT2D eigenvalue weighted by molar-refractivity contribution is 0.161. The lowest BCUT2D eigenvalue weighted by Crippen LogP contribution is -2.45. The number of hydrogen-bond acceptors (Lipinski definition) is 4. The Hall–Kier alpha value is -0.820. The van der Waals surface area contributed by atoms with E-state index < -0.39 is 9.84 Å². The van der Waals surface area contributed by atoms with E-state index in [0.717, 1.165) is 13.1 Å². The van der Waals surface area contributed by atoms with Crippen LogP contribution in [0.15, 0.2) is 0 Å². The molecule has 7 heteroatoms. The number of hydrogen-bond donors (Lipinski definition) is 2. The maximum atomic E-state index is 11.7. The van der Waals surface area contributed by atoms with Crippen LogP contribution in [0, 0.1) is 5.92 Å². The van der Waals surface area contributed by atoms with Gasteiger partial charge in [0.2, 0.25) is 0 Å². The van der Waals surface area contributed by atoms with Crippen molar-refractivity contribution in [1.82, 2.24) is 15.5 Å². The van der Waals surface area contributed by atoms with Crippen LogP contribution in [0.25, 0.3) is 0 Å². The molecule has 2 fully saturated rings. The van der Waals surface area contributed by atoms with Crippen molar-refractivity contribution in [1.29, 1.82) is 0 Å². The maximum absolute atomic E-state index is 11.7. The lowest BCUT2D eigenvalue weighted by atomic mass is 10.0. The minimum Gasteiger partial charge on any atom is -0.338 e. The van der Waals surface area contributed by atoms with Gasteiger partial charge in [-0.3, -0.25) is 4.90 Å². The second kappa shape index (κ2) is 7.45. The summed E-state index contributed by atoms with van der Waals surface area (Å²) in [6.45, 7) is 5.32. The molecule has 0 bridgehead atoms. The molecule has 6 nitrogen and oxygen atoms in total. The first-order valence-electron chi connectivity index (χ1n) is 7.92. The van der Waals surface area contributed by atoms with Crippen LogP contribution in [-0.4, -0.2) is 63.1 Å². The van der Waals surface area contributed by atoms with Crippen LogP contribution in [-0.2, 0) is 9.84 Å². The predicted molar refractivity (Wildman–Crippen MR) is 83.0 cm³/mol. The van der Waals surface area contributed by atoms with Gasteiger partial charge in [0.1, 0.15) is 0 Å². The molecule has 2 rings (SSSR count). The summed E-state index contributed by atoms with van der Waals surface area (Å²) in [7, 11) is -2.86. The van der Waals surface area contributed by atoms with Crippen LogP contribution in [0.4, 0.5) is 4.79 Å². The smallest absolute Gasteiger partial charge is 0.314 e. The van der Waals surface area contributed by atoms with Crippen LogP contribution in [0.2, 0.25) is 0 Å². The van der Waals surface area contributed by atoms with Crippen LogP contribution < -0.4 is 10.6 Å². The molecule has 0 spiro atoms. The zero-order valence-electron chi connectivity index (χ0n) is 12.8. The summed E-state index contributed by atoms with van der Waals surface area (Å²) in [6, 6.07) is 0.413. The third kappa shape index (κ3) is 5.47. The molecule has 0 saturated carbocycles. The van der Waals surface area contributed by atoms with Gasteiger partial charge < -0.3 is 10.6 Å². The van der Waals surface area contributed by atoms with Gasteiger partial charge in [-0.05, 0) is 38.6 Å². The highest BCUT2D eigenvalue weighted by molar-refractivity contribution is 7.91. The SMILES string of the molecule is C[C@H]1CCCCN1CCNC(=O)NC[C@@H]1CCS(=O)(=O)C1. The molecule has 0 aromatic carbocycles. The Morgan fingerprint density at radius 1 is 1.24 bits per heavy atom. The molecular weight excluding hydrogens is 290 g/mol. The van der Waals surface area contributed by atoms with E-state index in [0.29, 0.717) is 25.6 Å². The number of piperidine rings is 1. The van der Waals surface area contributed by atoms with Gasteiger partial charge in [0.25, 0.3) is 0 Å². The fraction of sp³-hybridized carbons (Fsp3) is 0.929. The Bertz CT molecular complexity index is 452. The highest BCUT2D eigenvalue weighted by Gasteiger charge is 2.27. The molecule has 0 radical (unpaired) electrons. The number of rotatable bonds is 5. The van der Waals surface area contributed by atoms with Crippen molar-refractivity contribution in [3.05, 3.63) is 0 Å². The van der Waals surface area contributed by atoms with Gasteiger partial charge in [-0.2, -0.15) is 0 Å². The van der Waals surface area contributed by atoms with Crippen molar-refractivity contribution >= 4 is 15.9 Å². The molecule has 2 atom stereocenters. The second-order valence-electron chi connectivity index (χ2n) is 6.29. The first-order valence-corrected chi connectivity index (χ1v) is 9.74. The van der Waals surface area contributed by atoms with Crippen molar-refractivity contribution < 1.29 is 13.2 Å². The lowest BCUT2D eigenvalue weighted by Gasteiger charge is -2.33. The third-order valence-corrected chi connectivity index (χ3v) is 6.34. The highest BCUT2D eigenvalue weighted by atomic mass is 32.2.